The van der Waals surface area contributed by atoms with Gasteiger partial charge in [0.25, 0.3) is 5.91 Å². The monoisotopic (exact) mass is 726 g/mol. The number of nitrogens with zero attached hydrogens (tertiary/aromatic N) is 2. The van der Waals surface area contributed by atoms with Crippen molar-refractivity contribution in [2.45, 2.75) is 64.5 Å². The van der Waals surface area contributed by atoms with E-state index in [1.807, 2.05) is 0 Å². The van der Waals surface area contributed by atoms with E-state index in [9.17, 15) is 40.7 Å². The zero-order valence-corrected chi connectivity index (χ0v) is 28.7. The van der Waals surface area contributed by atoms with Crippen molar-refractivity contribution in [3.05, 3.63) is 53.1 Å². The van der Waals surface area contributed by atoms with Crippen LogP contribution in [0.15, 0.2) is 36.4 Å². The number of hydrogen-bond donors (Lipinski definition) is 4. The second-order valence-corrected chi connectivity index (χ2v) is 13.7. The summed E-state index contributed by atoms with van der Waals surface area (Å²) in [7, 11) is 0. The Bertz CT molecular complexity index is 1580. The van der Waals surface area contributed by atoms with Gasteiger partial charge in [0, 0.05) is 49.4 Å². The fourth-order valence-corrected chi connectivity index (χ4v) is 7.48. The summed E-state index contributed by atoms with van der Waals surface area (Å²) >= 11 is 0. The summed E-state index contributed by atoms with van der Waals surface area (Å²) in [4.78, 5) is 42.0. The summed E-state index contributed by atoms with van der Waals surface area (Å²) in [5.41, 5.74) is -1.28. The van der Waals surface area contributed by atoms with Crippen LogP contribution in [0.1, 0.15) is 61.5 Å². The second-order valence-electron chi connectivity index (χ2n) is 13.7. The minimum Gasteiger partial charge on any atom is -0.379 e. The normalized spacial score (nSPS) is 22.9. The van der Waals surface area contributed by atoms with Gasteiger partial charge in [0.1, 0.15) is 0 Å². The third-order valence-electron chi connectivity index (χ3n) is 10.00. The Balaban J connectivity index is 1.38. The van der Waals surface area contributed by atoms with E-state index >= 15 is 0 Å². The summed E-state index contributed by atoms with van der Waals surface area (Å²) in [6.07, 6.45) is -7.12. The Kier molecular flexibility index (Phi) is 11.9. The Morgan fingerprint density at radius 1 is 0.922 bits per heavy atom. The fourth-order valence-electron chi connectivity index (χ4n) is 7.48. The number of ether oxygens (including phenoxy) is 1. The van der Waals surface area contributed by atoms with Crippen LogP contribution in [0.25, 0.3) is 11.1 Å². The van der Waals surface area contributed by atoms with E-state index in [1.165, 1.54) is 5.01 Å². The van der Waals surface area contributed by atoms with E-state index in [4.69, 9.17) is 4.74 Å². The van der Waals surface area contributed by atoms with Crippen LogP contribution in [-0.2, 0) is 21.9 Å². The molecule has 2 aromatic carbocycles. The number of hydrogen-bond acceptors (Lipinski definition) is 6. The maximum Gasteiger partial charge on any atom is 0.416 e. The summed E-state index contributed by atoms with van der Waals surface area (Å²) in [5, 5.41) is 9.38. The average Bonchev–Trinajstić information content (AvgIpc) is 3.62. The first-order valence-corrected chi connectivity index (χ1v) is 17.2. The Labute approximate surface area is 292 Å². The molecule has 4 amide bonds. The maximum atomic E-state index is 13.9. The molecule has 2 aliphatic heterocycles. The standard InChI is InChI=1S/C35H44F6N6O4/c1-4-5-25-28-19-46(20(2)3)18-21(28)14-30(25)43-31(48)17-42-32(49)27-16-22(34(36,37)38)6-8-24(27)26-15-23(35(39,40)41)7-9-29(26)44-33(50)45-47-10-12-51-13-11-47/h6-9,15-16,20-21,25,28,30H,4-5,10-14,17-19H2,1-3H3,(H,42,49)(H,43,48)(H2,44,45,50)/t21-,25?,28+,30-/m0/s1. The minimum absolute atomic E-state index is 0.120. The highest BCUT2D eigenvalue weighted by atomic mass is 19.4. The van der Waals surface area contributed by atoms with Crippen molar-refractivity contribution in [1.82, 2.24) is 26.0 Å². The molecule has 0 spiro atoms. The quantitative estimate of drug-likeness (QED) is 0.232. The van der Waals surface area contributed by atoms with Crippen LogP contribution in [0.2, 0.25) is 0 Å². The van der Waals surface area contributed by atoms with E-state index in [0.717, 1.165) is 44.5 Å². The van der Waals surface area contributed by atoms with Crippen LogP contribution in [0.4, 0.5) is 36.8 Å². The lowest BCUT2D eigenvalue weighted by Crippen LogP contribution is -2.49. The molecule has 2 aromatic rings. The number of hydrazine groups is 1. The third-order valence-corrected chi connectivity index (χ3v) is 10.00. The van der Waals surface area contributed by atoms with Crippen LogP contribution >= 0.6 is 0 Å². The molecule has 3 fully saturated rings. The molecule has 2 heterocycles. The first-order valence-electron chi connectivity index (χ1n) is 17.2. The van der Waals surface area contributed by atoms with E-state index < -0.39 is 53.4 Å². The zero-order valence-electron chi connectivity index (χ0n) is 28.7. The molecule has 51 heavy (non-hydrogen) atoms. The molecule has 0 radical (unpaired) electrons. The Morgan fingerprint density at radius 2 is 1.59 bits per heavy atom. The van der Waals surface area contributed by atoms with E-state index in [2.05, 4.69) is 47.0 Å². The molecule has 10 nitrogen and oxygen atoms in total. The number of halogens is 6. The van der Waals surface area contributed by atoms with Crippen molar-refractivity contribution in [3.8, 4) is 11.1 Å². The lowest BCUT2D eigenvalue weighted by molar-refractivity contribution is -0.138. The fraction of sp³-hybridized carbons (Fsp3) is 0.571. The van der Waals surface area contributed by atoms with Gasteiger partial charge in [-0.3, -0.25) is 15.0 Å². The minimum atomic E-state index is -4.89. The number of morpholine rings is 1. The molecule has 3 aliphatic rings. The van der Waals surface area contributed by atoms with Gasteiger partial charge in [-0.05, 0) is 80.3 Å². The van der Waals surface area contributed by atoms with Crippen LogP contribution in [0.5, 0.6) is 0 Å². The van der Waals surface area contributed by atoms with E-state index in [0.29, 0.717) is 68.4 Å². The van der Waals surface area contributed by atoms with Gasteiger partial charge in [-0.2, -0.15) is 26.3 Å². The van der Waals surface area contributed by atoms with E-state index in [1.54, 1.807) is 0 Å². The zero-order chi connectivity index (χ0) is 37.1. The molecule has 1 saturated carbocycles. The molecule has 1 aliphatic carbocycles. The van der Waals surface area contributed by atoms with Crippen molar-refractivity contribution < 1.29 is 45.5 Å². The summed E-state index contributed by atoms with van der Waals surface area (Å²) in [6.45, 7) is 9.08. The molecular weight excluding hydrogens is 682 g/mol. The highest BCUT2D eigenvalue weighted by Crippen LogP contribution is 2.45. The topological polar surface area (TPSA) is 115 Å². The first kappa shape index (κ1) is 38.3. The smallest absolute Gasteiger partial charge is 0.379 e. The van der Waals surface area contributed by atoms with Gasteiger partial charge in [0.05, 0.1) is 36.6 Å². The number of carbonyl (C=O) groups excluding carboxylic acids is 3. The number of fused-ring (bicyclic) bond motifs is 1. The van der Waals surface area contributed by atoms with Crippen molar-refractivity contribution in [2.75, 3.05) is 51.3 Å². The van der Waals surface area contributed by atoms with Gasteiger partial charge < -0.3 is 25.6 Å². The molecule has 16 heteroatoms. The lowest BCUT2D eigenvalue weighted by Gasteiger charge is -2.28. The van der Waals surface area contributed by atoms with Crippen molar-refractivity contribution in [2.24, 2.45) is 17.8 Å². The number of urea groups is 1. The van der Waals surface area contributed by atoms with Crippen LogP contribution in [0.3, 0.4) is 0 Å². The van der Waals surface area contributed by atoms with Gasteiger partial charge in [-0.1, -0.05) is 19.4 Å². The van der Waals surface area contributed by atoms with Crippen molar-refractivity contribution in [1.29, 1.82) is 0 Å². The molecular formula is C35H44F6N6O4. The summed E-state index contributed by atoms with van der Waals surface area (Å²) < 4.78 is 88.3. The highest BCUT2D eigenvalue weighted by Gasteiger charge is 2.48. The number of rotatable bonds is 10. The first-order chi connectivity index (χ1) is 24.0. The molecule has 280 valence electrons. The number of alkyl halides is 6. The largest absolute Gasteiger partial charge is 0.416 e. The molecule has 0 aromatic heterocycles. The molecule has 4 atom stereocenters. The van der Waals surface area contributed by atoms with Gasteiger partial charge in [-0.25, -0.2) is 9.80 Å². The SMILES string of the molecule is CCCC1[C@@H](NC(=O)CNC(=O)c2cc(C(F)(F)F)ccc2-c2cc(C(F)(F)F)ccc2NC(=O)NN2CCOCC2)C[C@H]2CN(C(C)C)C[C@@H]12. The molecule has 4 N–H and O–H groups in total. The van der Waals surface area contributed by atoms with Gasteiger partial charge >= 0.3 is 18.4 Å². The predicted molar refractivity (Wildman–Crippen MR) is 177 cm³/mol. The number of amides is 4. The summed E-state index contributed by atoms with van der Waals surface area (Å²) in [6, 6.07) is 3.86. The Morgan fingerprint density at radius 3 is 2.24 bits per heavy atom. The number of likely N-dealkylation sites (tertiary alicyclic amines) is 1. The van der Waals surface area contributed by atoms with Crippen LogP contribution in [-0.4, -0.2) is 85.8 Å². The molecule has 1 unspecified atom stereocenters. The summed E-state index contributed by atoms with van der Waals surface area (Å²) in [5.74, 6) is -0.544. The maximum absolute atomic E-state index is 13.9. The van der Waals surface area contributed by atoms with E-state index in [-0.39, 0.29) is 28.8 Å². The molecule has 0 bridgehead atoms. The molecule has 5 rings (SSSR count). The lowest BCUT2D eigenvalue weighted by atomic mass is 9.87. The van der Waals surface area contributed by atoms with Crippen LogP contribution < -0.4 is 21.4 Å². The van der Waals surface area contributed by atoms with Gasteiger partial charge in [-0.15, -0.1) is 0 Å². The third kappa shape index (κ3) is 9.32. The van der Waals surface area contributed by atoms with Crippen molar-refractivity contribution >= 4 is 23.5 Å². The van der Waals surface area contributed by atoms with Gasteiger partial charge in [0.15, 0.2) is 0 Å². The Hall–Kier alpha value is -3.89. The average molecular weight is 727 g/mol. The van der Waals surface area contributed by atoms with Crippen molar-refractivity contribution in [3.63, 3.8) is 0 Å². The number of nitrogens with one attached hydrogen (secondary N) is 4. The molecule has 2 saturated heterocycles. The number of anilines is 1. The highest BCUT2D eigenvalue weighted by molar-refractivity contribution is 6.05. The predicted octanol–water partition coefficient (Wildman–Crippen LogP) is 5.75. The van der Waals surface area contributed by atoms with Gasteiger partial charge in [0.2, 0.25) is 5.91 Å². The number of carbonyl (C=O) groups is 3. The van der Waals surface area contributed by atoms with Crippen LogP contribution in [0, 0.1) is 17.8 Å². The number of benzene rings is 2. The second kappa shape index (κ2) is 15.8.